The zero-order valence-corrected chi connectivity index (χ0v) is 15.8. The van der Waals surface area contributed by atoms with Crippen LogP contribution in [0.1, 0.15) is 51.3 Å². The van der Waals surface area contributed by atoms with Crippen molar-refractivity contribution in [3.05, 3.63) is 20.8 Å². The van der Waals surface area contributed by atoms with Crippen LogP contribution in [0.3, 0.4) is 0 Å². The van der Waals surface area contributed by atoms with Gasteiger partial charge in [-0.3, -0.25) is 4.90 Å². The Balaban J connectivity index is 1.79. The molecular weight excluding hydrogens is 344 g/mol. The van der Waals surface area contributed by atoms with Crippen molar-refractivity contribution in [2.75, 3.05) is 13.1 Å². The van der Waals surface area contributed by atoms with E-state index in [9.17, 15) is 0 Å². The van der Waals surface area contributed by atoms with Crippen LogP contribution >= 0.6 is 27.3 Å². The van der Waals surface area contributed by atoms with E-state index in [4.69, 9.17) is 0 Å². The number of hydrogen-bond donors (Lipinski definition) is 1. The topological polar surface area (TPSA) is 15.3 Å². The maximum atomic E-state index is 3.92. The first-order valence-electron chi connectivity index (χ1n) is 8.11. The van der Waals surface area contributed by atoms with E-state index < -0.39 is 0 Å². The maximum absolute atomic E-state index is 3.92. The van der Waals surface area contributed by atoms with Gasteiger partial charge in [-0.2, -0.15) is 0 Å². The predicted octanol–water partition coefficient (Wildman–Crippen LogP) is 4.64. The third kappa shape index (κ3) is 3.54. The lowest BCUT2D eigenvalue weighted by Gasteiger charge is -2.50. The molecule has 1 aromatic rings. The second-order valence-electron chi connectivity index (χ2n) is 7.86. The van der Waals surface area contributed by atoms with Crippen LogP contribution in [0.2, 0.25) is 0 Å². The molecular formula is C17H27BrN2S. The first-order chi connectivity index (χ1) is 9.88. The fraction of sp³-hybridized carbons (Fsp3) is 0.765. The molecule has 21 heavy (non-hydrogen) atoms. The normalized spacial score (nSPS) is 26.6. The van der Waals surface area contributed by atoms with Crippen molar-refractivity contribution in [1.82, 2.24) is 10.2 Å². The number of piperazine rings is 1. The first kappa shape index (κ1) is 16.0. The van der Waals surface area contributed by atoms with Crippen LogP contribution in [-0.2, 0) is 6.54 Å². The van der Waals surface area contributed by atoms with Gasteiger partial charge in [-0.1, -0.05) is 33.6 Å². The highest BCUT2D eigenvalue weighted by Gasteiger charge is 2.44. The van der Waals surface area contributed by atoms with Crippen molar-refractivity contribution < 1.29 is 0 Å². The van der Waals surface area contributed by atoms with E-state index in [0.717, 1.165) is 13.1 Å². The molecule has 1 atom stereocenters. The lowest BCUT2D eigenvalue weighted by molar-refractivity contribution is 0.0186. The number of nitrogens with zero attached hydrogens (tertiary/aromatic N) is 1. The summed E-state index contributed by atoms with van der Waals surface area (Å²) < 4.78 is 1.25. The molecule has 0 aromatic carbocycles. The molecule has 0 bridgehead atoms. The Labute approximate surface area is 141 Å². The van der Waals surface area contributed by atoms with Crippen molar-refractivity contribution in [2.24, 2.45) is 5.41 Å². The maximum Gasteiger partial charge on any atom is 0.0701 e. The SMILES string of the molecule is CC(C)(C)C1CNC2(CCCC2)CN1Cc1ccc(Br)s1. The second-order valence-corrected chi connectivity index (χ2v) is 10.4. The minimum absolute atomic E-state index is 0.321. The van der Waals surface area contributed by atoms with Crippen molar-refractivity contribution in [2.45, 2.75) is 64.6 Å². The van der Waals surface area contributed by atoms with E-state index >= 15 is 0 Å². The van der Waals surface area contributed by atoms with E-state index in [1.165, 1.54) is 40.9 Å². The molecule has 2 aliphatic rings. The number of nitrogens with one attached hydrogen (secondary N) is 1. The summed E-state index contributed by atoms with van der Waals surface area (Å²) in [6, 6.07) is 5.07. The highest BCUT2D eigenvalue weighted by molar-refractivity contribution is 9.11. The minimum Gasteiger partial charge on any atom is -0.308 e. The zero-order valence-electron chi connectivity index (χ0n) is 13.4. The Morgan fingerprint density at radius 2 is 2.05 bits per heavy atom. The Hall–Kier alpha value is 0.1000. The van der Waals surface area contributed by atoms with Gasteiger partial charge in [0.2, 0.25) is 0 Å². The molecule has 2 heterocycles. The van der Waals surface area contributed by atoms with Gasteiger partial charge >= 0.3 is 0 Å². The van der Waals surface area contributed by atoms with Gasteiger partial charge in [0.15, 0.2) is 0 Å². The molecule has 0 amide bonds. The molecule has 1 unspecified atom stereocenters. The molecule has 1 N–H and O–H groups in total. The Morgan fingerprint density at radius 1 is 1.33 bits per heavy atom. The number of hydrogen-bond acceptors (Lipinski definition) is 3. The van der Waals surface area contributed by atoms with Gasteiger partial charge in [0, 0.05) is 36.1 Å². The lowest BCUT2D eigenvalue weighted by Crippen LogP contribution is -2.65. The summed E-state index contributed by atoms with van der Waals surface area (Å²) in [6.45, 7) is 10.6. The van der Waals surface area contributed by atoms with Crippen molar-refractivity contribution in [3.63, 3.8) is 0 Å². The van der Waals surface area contributed by atoms with Crippen molar-refractivity contribution >= 4 is 27.3 Å². The quantitative estimate of drug-likeness (QED) is 0.815. The third-order valence-corrected chi connectivity index (χ3v) is 6.77. The predicted molar refractivity (Wildman–Crippen MR) is 94.9 cm³/mol. The van der Waals surface area contributed by atoms with Crippen LogP contribution in [0.4, 0.5) is 0 Å². The second kappa shape index (κ2) is 5.95. The van der Waals surface area contributed by atoms with Gasteiger partial charge in [-0.15, -0.1) is 11.3 Å². The molecule has 2 fully saturated rings. The highest BCUT2D eigenvalue weighted by atomic mass is 79.9. The highest BCUT2D eigenvalue weighted by Crippen LogP contribution is 2.38. The molecule has 3 rings (SSSR count). The van der Waals surface area contributed by atoms with Crippen LogP contribution in [-0.4, -0.2) is 29.6 Å². The molecule has 1 spiro atoms. The van der Waals surface area contributed by atoms with E-state index in [-0.39, 0.29) is 0 Å². The number of halogens is 1. The number of rotatable bonds is 2. The summed E-state index contributed by atoms with van der Waals surface area (Å²) in [6.07, 6.45) is 5.50. The van der Waals surface area contributed by atoms with Crippen LogP contribution in [0, 0.1) is 5.41 Å². The largest absolute Gasteiger partial charge is 0.308 e. The first-order valence-corrected chi connectivity index (χ1v) is 9.72. The van der Waals surface area contributed by atoms with E-state index in [1.807, 2.05) is 11.3 Å². The monoisotopic (exact) mass is 370 g/mol. The summed E-state index contributed by atoms with van der Waals surface area (Å²) in [4.78, 5) is 4.23. The molecule has 1 saturated heterocycles. The zero-order chi connectivity index (χ0) is 15.1. The van der Waals surface area contributed by atoms with Crippen LogP contribution < -0.4 is 5.32 Å². The summed E-state index contributed by atoms with van der Waals surface area (Å²) in [5.41, 5.74) is 0.720. The van der Waals surface area contributed by atoms with Gasteiger partial charge in [-0.25, -0.2) is 0 Å². The van der Waals surface area contributed by atoms with Gasteiger partial charge in [-0.05, 0) is 46.3 Å². The fourth-order valence-corrected chi connectivity index (χ4v) is 5.55. The molecule has 1 aromatic heterocycles. The molecule has 1 aliphatic carbocycles. The average Bonchev–Trinajstić information content (AvgIpc) is 2.98. The van der Waals surface area contributed by atoms with Crippen molar-refractivity contribution in [3.8, 4) is 0 Å². The van der Waals surface area contributed by atoms with Crippen LogP contribution in [0.25, 0.3) is 0 Å². The summed E-state index contributed by atoms with van der Waals surface area (Å²) in [5, 5.41) is 3.92. The molecule has 2 nitrogen and oxygen atoms in total. The fourth-order valence-electron chi connectivity index (χ4n) is 4.04. The van der Waals surface area contributed by atoms with Crippen LogP contribution in [0.15, 0.2) is 15.9 Å². The Bertz CT molecular complexity index is 485. The molecule has 4 heteroatoms. The van der Waals surface area contributed by atoms with E-state index in [2.05, 4.69) is 59.1 Å². The van der Waals surface area contributed by atoms with E-state index in [1.54, 1.807) is 0 Å². The lowest BCUT2D eigenvalue weighted by atomic mass is 9.81. The van der Waals surface area contributed by atoms with Crippen LogP contribution in [0.5, 0.6) is 0 Å². The average molecular weight is 371 g/mol. The van der Waals surface area contributed by atoms with E-state index in [0.29, 0.717) is 17.0 Å². The van der Waals surface area contributed by atoms with Gasteiger partial charge < -0.3 is 5.32 Å². The molecule has 0 radical (unpaired) electrons. The standard InChI is InChI=1S/C17H27BrN2S/c1-16(2,3)14-10-19-17(8-4-5-9-17)12-20(14)11-13-6-7-15(18)21-13/h6-7,14,19H,4-5,8-12H2,1-3H3. The summed E-state index contributed by atoms with van der Waals surface area (Å²) in [5.74, 6) is 0. The Morgan fingerprint density at radius 3 is 2.62 bits per heavy atom. The smallest absolute Gasteiger partial charge is 0.0701 e. The van der Waals surface area contributed by atoms with Gasteiger partial charge in [0.25, 0.3) is 0 Å². The summed E-state index contributed by atoms with van der Waals surface area (Å²) in [7, 11) is 0. The number of thiophene rings is 1. The van der Waals surface area contributed by atoms with Gasteiger partial charge in [0.1, 0.15) is 0 Å². The molecule has 118 valence electrons. The summed E-state index contributed by atoms with van der Waals surface area (Å²) >= 11 is 5.48. The minimum atomic E-state index is 0.321. The van der Waals surface area contributed by atoms with Gasteiger partial charge in [0.05, 0.1) is 3.79 Å². The Kier molecular flexibility index (Phi) is 4.53. The molecule has 1 saturated carbocycles. The molecule has 1 aliphatic heterocycles. The third-order valence-electron chi connectivity index (χ3n) is 5.17. The van der Waals surface area contributed by atoms with Crippen molar-refractivity contribution in [1.29, 1.82) is 0 Å².